The molecule has 3 heteroatoms. The summed E-state index contributed by atoms with van der Waals surface area (Å²) in [7, 11) is 0. The molecule has 2 aromatic carbocycles. The van der Waals surface area contributed by atoms with E-state index in [9.17, 15) is 4.79 Å². The van der Waals surface area contributed by atoms with Crippen LogP contribution in [0.5, 0.6) is 0 Å². The first-order valence-electron chi connectivity index (χ1n) is 6.12. The fourth-order valence-corrected chi connectivity index (χ4v) is 2.07. The Morgan fingerprint density at radius 1 is 1.16 bits per heavy atom. The molecule has 0 aliphatic heterocycles. The maximum atomic E-state index is 11.4. The zero-order chi connectivity index (χ0) is 13.4. The van der Waals surface area contributed by atoms with Crippen molar-refractivity contribution in [3.63, 3.8) is 0 Å². The molecule has 1 heterocycles. The van der Waals surface area contributed by atoms with Gasteiger partial charge in [0.15, 0.2) is 11.4 Å². The first-order chi connectivity index (χ1) is 9.15. The van der Waals surface area contributed by atoms with Crippen molar-refractivity contribution in [1.29, 1.82) is 0 Å². The van der Waals surface area contributed by atoms with Crippen molar-refractivity contribution in [2.75, 3.05) is 0 Å². The fourth-order valence-electron chi connectivity index (χ4n) is 2.07. The molecule has 0 spiro atoms. The predicted molar refractivity (Wildman–Crippen MR) is 74.2 cm³/mol. The number of carbonyl (C=O) groups is 1. The van der Waals surface area contributed by atoms with Gasteiger partial charge in [-0.1, -0.05) is 18.2 Å². The summed E-state index contributed by atoms with van der Waals surface area (Å²) in [6.45, 7) is 3.56. The van der Waals surface area contributed by atoms with Crippen molar-refractivity contribution >= 4 is 16.9 Å². The van der Waals surface area contributed by atoms with Crippen LogP contribution in [-0.2, 0) is 0 Å². The lowest BCUT2D eigenvalue weighted by molar-refractivity contribution is 0.101. The summed E-state index contributed by atoms with van der Waals surface area (Å²) in [5.41, 5.74) is 4.15. The molecule has 0 saturated heterocycles. The Bertz CT molecular complexity index is 771. The smallest absolute Gasteiger partial charge is 0.227 e. The third-order valence-corrected chi connectivity index (χ3v) is 3.17. The number of hydrogen-bond donors (Lipinski definition) is 0. The molecule has 0 bridgehead atoms. The number of Topliss-reactive ketones (excluding diaryl/α,β-unsaturated/α-hetero) is 1. The van der Waals surface area contributed by atoms with E-state index in [1.54, 1.807) is 25.1 Å². The van der Waals surface area contributed by atoms with Crippen LogP contribution in [0.3, 0.4) is 0 Å². The highest BCUT2D eigenvalue weighted by Crippen LogP contribution is 2.27. The molecule has 19 heavy (non-hydrogen) atoms. The van der Waals surface area contributed by atoms with Crippen LogP contribution in [-0.4, -0.2) is 10.8 Å². The Balaban J connectivity index is 2.17. The van der Waals surface area contributed by atoms with Crippen LogP contribution in [0.15, 0.2) is 46.9 Å². The van der Waals surface area contributed by atoms with E-state index >= 15 is 0 Å². The number of aromatic nitrogens is 1. The molecule has 3 rings (SSSR count). The molecule has 0 saturated carbocycles. The van der Waals surface area contributed by atoms with E-state index in [0.717, 1.165) is 11.1 Å². The van der Waals surface area contributed by atoms with Crippen molar-refractivity contribution < 1.29 is 9.21 Å². The molecule has 0 N–H and O–H groups in total. The van der Waals surface area contributed by atoms with Crippen molar-refractivity contribution in [3.05, 3.63) is 53.6 Å². The molecule has 0 radical (unpaired) electrons. The van der Waals surface area contributed by atoms with Gasteiger partial charge in [0.1, 0.15) is 5.52 Å². The molecule has 1 aromatic heterocycles. The molecular weight excluding hydrogens is 238 g/mol. The van der Waals surface area contributed by atoms with Gasteiger partial charge >= 0.3 is 0 Å². The number of aryl methyl sites for hydroxylation is 1. The van der Waals surface area contributed by atoms with Gasteiger partial charge in [0.25, 0.3) is 0 Å². The number of nitrogens with zero attached hydrogens (tertiary/aromatic N) is 1. The summed E-state index contributed by atoms with van der Waals surface area (Å²) in [5, 5.41) is 0. The Morgan fingerprint density at radius 2 is 1.95 bits per heavy atom. The van der Waals surface area contributed by atoms with E-state index in [0.29, 0.717) is 22.6 Å². The minimum Gasteiger partial charge on any atom is -0.436 e. The second-order valence-corrected chi connectivity index (χ2v) is 4.57. The minimum absolute atomic E-state index is 0.0299. The monoisotopic (exact) mass is 251 g/mol. The van der Waals surface area contributed by atoms with Gasteiger partial charge in [-0.2, -0.15) is 0 Å². The summed E-state index contributed by atoms with van der Waals surface area (Å²) in [5.74, 6) is 0.621. The zero-order valence-corrected chi connectivity index (χ0v) is 10.8. The number of fused-ring (bicyclic) bond motifs is 1. The summed E-state index contributed by atoms with van der Waals surface area (Å²) in [4.78, 5) is 15.8. The molecule has 0 aliphatic carbocycles. The van der Waals surface area contributed by atoms with Gasteiger partial charge in [-0.3, -0.25) is 4.79 Å². The average Bonchev–Trinajstić information content (AvgIpc) is 2.81. The largest absolute Gasteiger partial charge is 0.436 e. The van der Waals surface area contributed by atoms with E-state index in [1.807, 2.05) is 31.2 Å². The maximum absolute atomic E-state index is 11.4. The summed E-state index contributed by atoms with van der Waals surface area (Å²) in [6, 6.07) is 13.3. The van der Waals surface area contributed by atoms with Gasteiger partial charge < -0.3 is 4.42 Å². The standard InChI is InChI=1S/C16H13NO2/c1-10-5-3-4-6-13(10)16-17-14-9-12(11(2)18)7-8-15(14)19-16/h3-9H,1-2H3. The van der Waals surface area contributed by atoms with Crippen molar-refractivity contribution in [3.8, 4) is 11.5 Å². The third kappa shape index (κ3) is 2.03. The highest BCUT2D eigenvalue weighted by atomic mass is 16.3. The number of hydrogen-bond acceptors (Lipinski definition) is 3. The lowest BCUT2D eigenvalue weighted by atomic mass is 10.1. The molecule has 3 aromatic rings. The first kappa shape index (κ1) is 11.7. The van der Waals surface area contributed by atoms with E-state index in [1.165, 1.54) is 0 Å². The second-order valence-electron chi connectivity index (χ2n) is 4.57. The fraction of sp³-hybridized carbons (Fsp3) is 0.125. The van der Waals surface area contributed by atoms with Crippen molar-refractivity contribution in [2.45, 2.75) is 13.8 Å². The normalized spacial score (nSPS) is 10.8. The molecule has 0 aliphatic rings. The highest BCUT2D eigenvalue weighted by Gasteiger charge is 2.11. The topological polar surface area (TPSA) is 43.1 Å². The van der Waals surface area contributed by atoms with Crippen LogP contribution < -0.4 is 0 Å². The van der Waals surface area contributed by atoms with Crippen molar-refractivity contribution in [2.24, 2.45) is 0 Å². The molecule has 3 nitrogen and oxygen atoms in total. The molecular formula is C16H13NO2. The van der Waals surface area contributed by atoms with Gasteiger partial charge in [-0.15, -0.1) is 0 Å². The minimum atomic E-state index is 0.0299. The summed E-state index contributed by atoms with van der Waals surface area (Å²) < 4.78 is 5.75. The SMILES string of the molecule is CC(=O)c1ccc2oc(-c3ccccc3C)nc2c1. The Morgan fingerprint density at radius 3 is 2.68 bits per heavy atom. The van der Waals surface area contributed by atoms with E-state index in [2.05, 4.69) is 4.98 Å². The number of benzene rings is 2. The van der Waals surface area contributed by atoms with E-state index in [4.69, 9.17) is 4.42 Å². The first-order valence-corrected chi connectivity index (χ1v) is 6.12. The van der Waals surface area contributed by atoms with Crippen LogP contribution in [0.4, 0.5) is 0 Å². The lowest BCUT2D eigenvalue weighted by Crippen LogP contribution is -1.90. The Kier molecular flexibility index (Phi) is 2.67. The lowest BCUT2D eigenvalue weighted by Gasteiger charge is -1.98. The quantitative estimate of drug-likeness (QED) is 0.646. The maximum Gasteiger partial charge on any atom is 0.227 e. The van der Waals surface area contributed by atoms with E-state index < -0.39 is 0 Å². The Hall–Kier alpha value is -2.42. The molecule has 94 valence electrons. The van der Waals surface area contributed by atoms with Crippen LogP contribution in [0, 0.1) is 6.92 Å². The number of rotatable bonds is 2. The van der Waals surface area contributed by atoms with Crippen LogP contribution in [0.2, 0.25) is 0 Å². The summed E-state index contributed by atoms with van der Waals surface area (Å²) >= 11 is 0. The van der Waals surface area contributed by atoms with Gasteiger partial charge in [0.05, 0.1) is 0 Å². The van der Waals surface area contributed by atoms with Gasteiger partial charge in [-0.25, -0.2) is 4.98 Å². The van der Waals surface area contributed by atoms with Gasteiger partial charge in [-0.05, 0) is 43.7 Å². The number of ketones is 1. The molecule has 0 fully saturated rings. The molecule has 0 unspecified atom stereocenters. The number of oxazole rings is 1. The predicted octanol–water partition coefficient (Wildman–Crippen LogP) is 4.01. The van der Waals surface area contributed by atoms with E-state index in [-0.39, 0.29) is 5.78 Å². The number of carbonyl (C=O) groups excluding carboxylic acids is 1. The van der Waals surface area contributed by atoms with Crippen molar-refractivity contribution in [1.82, 2.24) is 4.98 Å². The summed E-state index contributed by atoms with van der Waals surface area (Å²) in [6.07, 6.45) is 0. The third-order valence-electron chi connectivity index (χ3n) is 3.17. The molecule has 0 atom stereocenters. The van der Waals surface area contributed by atoms with Crippen LogP contribution in [0.25, 0.3) is 22.6 Å². The zero-order valence-electron chi connectivity index (χ0n) is 10.8. The highest BCUT2D eigenvalue weighted by molar-refractivity contribution is 5.97. The second kappa shape index (κ2) is 4.35. The van der Waals surface area contributed by atoms with Crippen LogP contribution in [0.1, 0.15) is 22.8 Å². The average molecular weight is 251 g/mol. The van der Waals surface area contributed by atoms with Crippen LogP contribution >= 0.6 is 0 Å². The van der Waals surface area contributed by atoms with Gasteiger partial charge in [0.2, 0.25) is 5.89 Å². The van der Waals surface area contributed by atoms with Gasteiger partial charge in [0, 0.05) is 11.1 Å². The Labute approximate surface area is 110 Å². The molecule has 0 amide bonds.